The van der Waals surface area contributed by atoms with E-state index in [0.717, 1.165) is 5.56 Å². The van der Waals surface area contributed by atoms with Crippen LogP contribution >= 0.6 is 0 Å². The topological polar surface area (TPSA) is 90.5 Å². The van der Waals surface area contributed by atoms with E-state index in [-0.39, 0.29) is 18.0 Å². The lowest BCUT2D eigenvalue weighted by molar-refractivity contribution is -0.118. The summed E-state index contributed by atoms with van der Waals surface area (Å²) in [5.41, 5.74) is 6.79. The number of halogens is 1. The highest BCUT2D eigenvalue weighted by atomic mass is 19.1. The van der Waals surface area contributed by atoms with Gasteiger partial charge in [-0.25, -0.2) is 9.37 Å². The Labute approximate surface area is 167 Å². The molecule has 150 valence electrons. The van der Waals surface area contributed by atoms with Crippen molar-refractivity contribution >= 4 is 17.5 Å². The normalized spacial score (nSPS) is 12.9. The van der Waals surface area contributed by atoms with Gasteiger partial charge in [0.25, 0.3) is 5.91 Å². The fraction of sp³-hybridized carbons (Fsp3) is 0.190. The van der Waals surface area contributed by atoms with Gasteiger partial charge in [-0.1, -0.05) is 36.4 Å². The zero-order valence-corrected chi connectivity index (χ0v) is 15.9. The first kappa shape index (κ1) is 20.1. The minimum absolute atomic E-state index is 0.131. The Morgan fingerprint density at radius 1 is 1.21 bits per heavy atom. The molecule has 0 spiro atoms. The van der Waals surface area contributed by atoms with Crippen LogP contribution in [0.2, 0.25) is 0 Å². The molecule has 0 saturated carbocycles. The number of fused-ring (bicyclic) bond motifs is 1. The molecule has 3 aromatic rings. The van der Waals surface area contributed by atoms with Gasteiger partial charge in [-0.3, -0.25) is 9.59 Å². The van der Waals surface area contributed by atoms with Crippen molar-refractivity contribution in [2.75, 3.05) is 18.6 Å². The third-order valence-electron chi connectivity index (χ3n) is 4.33. The second-order valence-electron chi connectivity index (χ2n) is 6.42. The predicted molar refractivity (Wildman–Crippen MR) is 106 cm³/mol. The largest absolute Gasteiger partial charge is 0.491 e. The number of amides is 2. The van der Waals surface area contributed by atoms with Crippen molar-refractivity contribution in [1.82, 2.24) is 9.55 Å². The van der Waals surface area contributed by atoms with E-state index < -0.39 is 11.7 Å². The zero-order chi connectivity index (χ0) is 20.8. The number of imidazole rings is 1. The number of nitrogens with zero attached hydrogens (tertiary/aromatic N) is 3. The van der Waals surface area contributed by atoms with E-state index in [1.165, 1.54) is 11.0 Å². The molecule has 0 bridgehead atoms. The first-order chi connectivity index (χ1) is 14.0. The maximum Gasteiger partial charge on any atom is 0.268 e. The summed E-state index contributed by atoms with van der Waals surface area (Å²) in [6.07, 6.45) is 3.53. The van der Waals surface area contributed by atoms with E-state index in [2.05, 4.69) is 4.98 Å². The second kappa shape index (κ2) is 9.01. The van der Waals surface area contributed by atoms with Crippen LogP contribution in [0, 0.1) is 5.82 Å². The van der Waals surface area contributed by atoms with E-state index in [9.17, 15) is 14.0 Å². The standard InChI is InChI=1S/C11H11N3O.C10H10FNO2/c12-11(15)10-7-14(8-13-10)6-9-4-2-1-3-5-9;1-12-9(13)5-6-14-8-4-2-3-7(11)10(8)12/h1-5,7-8H,6H2,(H2,12,15);2-4H,5-6H2,1H3. The van der Waals surface area contributed by atoms with Crippen LogP contribution in [-0.2, 0) is 11.3 Å². The van der Waals surface area contributed by atoms with Crippen LogP contribution in [0.1, 0.15) is 22.5 Å². The number of carbonyl (C=O) groups excluding carboxylic acids is 2. The molecule has 1 aromatic heterocycles. The van der Waals surface area contributed by atoms with E-state index in [4.69, 9.17) is 10.5 Å². The Kier molecular flexibility index (Phi) is 6.23. The van der Waals surface area contributed by atoms with Gasteiger partial charge in [-0.05, 0) is 17.7 Å². The number of anilines is 1. The number of benzene rings is 2. The molecule has 0 unspecified atom stereocenters. The maximum atomic E-state index is 13.4. The Morgan fingerprint density at radius 3 is 2.66 bits per heavy atom. The van der Waals surface area contributed by atoms with Gasteiger partial charge in [-0.15, -0.1) is 0 Å². The SMILES string of the molecule is CN1C(=O)CCOc2cccc(F)c21.NC(=O)c1cn(Cc2ccccc2)cn1. The molecule has 8 heteroatoms. The van der Waals surface area contributed by atoms with Gasteiger partial charge in [0.2, 0.25) is 5.91 Å². The first-order valence-electron chi connectivity index (χ1n) is 8.99. The molecule has 29 heavy (non-hydrogen) atoms. The monoisotopic (exact) mass is 396 g/mol. The van der Waals surface area contributed by atoms with Gasteiger partial charge in [0.15, 0.2) is 5.82 Å². The van der Waals surface area contributed by atoms with Crippen molar-refractivity contribution in [2.45, 2.75) is 13.0 Å². The Morgan fingerprint density at radius 2 is 1.97 bits per heavy atom. The minimum atomic E-state index is -0.498. The summed E-state index contributed by atoms with van der Waals surface area (Å²) in [6, 6.07) is 14.5. The lowest BCUT2D eigenvalue weighted by Gasteiger charge is -2.16. The highest BCUT2D eigenvalue weighted by Gasteiger charge is 2.22. The van der Waals surface area contributed by atoms with Crippen molar-refractivity contribution in [3.63, 3.8) is 0 Å². The molecule has 2 aromatic carbocycles. The molecule has 4 rings (SSSR count). The Bertz CT molecular complexity index is 1000. The van der Waals surface area contributed by atoms with Crippen LogP contribution in [0.15, 0.2) is 61.1 Å². The molecular formula is C21H21FN4O3. The molecule has 1 aliphatic rings. The van der Waals surface area contributed by atoms with Gasteiger partial charge in [-0.2, -0.15) is 0 Å². The van der Waals surface area contributed by atoms with Gasteiger partial charge >= 0.3 is 0 Å². The van der Waals surface area contributed by atoms with Crippen molar-refractivity contribution in [3.8, 4) is 5.75 Å². The van der Waals surface area contributed by atoms with Gasteiger partial charge < -0.3 is 19.9 Å². The molecule has 0 radical (unpaired) electrons. The summed E-state index contributed by atoms with van der Waals surface area (Å²) in [6.45, 7) is 1.00. The van der Waals surface area contributed by atoms with Crippen LogP contribution in [0.3, 0.4) is 0 Å². The number of ether oxygens (including phenoxy) is 1. The maximum absolute atomic E-state index is 13.4. The van der Waals surface area contributed by atoms with Crippen molar-refractivity contribution in [1.29, 1.82) is 0 Å². The number of hydrogen-bond donors (Lipinski definition) is 1. The second-order valence-corrected chi connectivity index (χ2v) is 6.42. The van der Waals surface area contributed by atoms with Gasteiger partial charge in [0, 0.05) is 19.8 Å². The van der Waals surface area contributed by atoms with Crippen molar-refractivity contribution in [2.24, 2.45) is 5.73 Å². The highest BCUT2D eigenvalue weighted by molar-refractivity contribution is 5.95. The average molecular weight is 396 g/mol. The number of carbonyl (C=O) groups is 2. The molecule has 7 nitrogen and oxygen atoms in total. The molecule has 0 atom stereocenters. The summed E-state index contributed by atoms with van der Waals surface area (Å²) in [5, 5.41) is 0. The molecule has 2 heterocycles. The zero-order valence-electron chi connectivity index (χ0n) is 15.9. The van der Waals surface area contributed by atoms with E-state index in [0.29, 0.717) is 24.6 Å². The van der Waals surface area contributed by atoms with Crippen LogP contribution in [0.4, 0.5) is 10.1 Å². The number of aromatic nitrogens is 2. The third-order valence-corrected chi connectivity index (χ3v) is 4.33. The lowest BCUT2D eigenvalue weighted by Crippen LogP contribution is -2.25. The average Bonchev–Trinajstić information content (AvgIpc) is 3.12. The van der Waals surface area contributed by atoms with Gasteiger partial charge in [0.05, 0.1) is 19.4 Å². The smallest absolute Gasteiger partial charge is 0.268 e. The lowest BCUT2D eigenvalue weighted by atomic mass is 10.2. The Balaban J connectivity index is 0.000000166. The number of rotatable bonds is 3. The molecule has 0 fully saturated rings. The van der Waals surface area contributed by atoms with Crippen LogP contribution in [0.5, 0.6) is 5.75 Å². The molecule has 0 aliphatic carbocycles. The van der Waals surface area contributed by atoms with Crippen LogP contribution < -0.4 is 15.4 Å². The molecule has 1 aliphatic heterocycles. The van der Waals surface area contributed by atoms with Gasteiger partial charge in [0.1, 0.15) is 17.1 Å². The summed E-state index contributed by atoms with van der Waals surface area (Å²) >= 11 is 0. The highest BCUT2D eigenvalue weighted by Crippen LogP contribution is 2.32. The molecular weight excluding hydrogens is 375 g/mol. The molecule has 0 saturated heterocycles. The number of hydrogen-bond acceptors (Lipinski definition) is 4. The number of nitrogens with two attached hydrogens (primary N) is 1. The molecule has 2 amide bonds. The van der Waals surface area contributed by atoms with E-state index in [1.54, 1.807) is 31.7 Å². The quantitative estimate of drug-likeness (QED) is 0.737. The van der Waals surface area contributed by atoms with E-state index >= 15 is 0 Å². The van der Waals surface area contributed by atoms with Crippen LogP contribution in [0.25, 0.3) is 0 Å². The summed E-state index contributed by atoms with van der Waals surface area (Å²) in [5.74, 6) is -0.630. The predicted octanol–water partition coefficient (Wildman–Crippen LogP) is 2.60. The Hall–Kier alpha value is -3.68. The van der Waals surface area contributed by atoms with E-state index in [1.807, 2.05) is 34.9 Å². The molecule has 2 N–H and O–H groups in total. The summed E-state index contributed by atoms with van der Waals surface area (Å²) in [7, 11) is 1.55. The van der Waals surface area contributed by atoms with Crippen molar-refractivity contribution < 1.29 is 18.7 Å². The number of para-hydroxylation sites is 1. The minimum Gasteiger partial charge on any atom is -0.491 e. The fourth-order valence-electron chi connectivity index (χ4n) is 2.85. The summed E-state index contributed by atoms with van der Waals surface area (Å²) < 4.78 is 20.5. The van der Waals surface area contributed by atoms with Crippen LogP contribution in [-0.4, -0.2) is 35.0 Å². The third kappa shape index (κ3) is 4.98. The summed E-state index contributed by atoms with van der Waals surface area (Å²) in [4.78, 5) is 27.4. The first-order valence-corrected chi connectivity index (χ1v) is 8.99. The number of primary amides is 1. The fourth-order valence-corrected chi connectivity index (χ4v) is 2.85. The van der Waals surface area contributed by atoms with Crippen molar-refractivity contribution in [3.05, 3.63) is 78.1 Å².